The van der Waals surface area contributed by atoms with Gasteiger partial charge in [0.25, 0.3) is 11.6 Å². The van der Waals surface area contributed by atoms with Crippen molar-refractivity contribution in [3.8, 4) is 0 Å². The highest BCUT2D eigenvalue weighted by atomic mass is 19.3. The van der Waals surface area contributed by atoms with Gasteiger partial charge in [0.15, 0.2) is 0 Å². The number of halogens is 2. The van der Waals surface area contributed by atoms with Gasteiger partial charge < -0.3 is 5.32 Å². The predicted molar refractivity (Wildman–Crippen MR) is 55.4 cm³/mol. The third-order valence-corrected chi connectivity index (χ3v) is 1.91. The molecule has 0 saturated heterocycles. The van der Waals surface area contributed by atoms with Gasteiger partial charge in [-0.05, 0) is 5.56 Å². The monoisotopic (exact) mass is 230 g/mol. The van der Waals surface area contributed by atoms with Crippen LogP contribution in [0.5, 0.6) is 0 Å². The molecule has 0 radical (unpaired) electrons. The lowest BCUT2D eigenvalue weighted by atomic mass is 10.2. The van der Waals surface area contributed by atoms with Gasteiger partial charge in [-0.2, -0.15) is 0 Å². The minimum atomic E-state index is -2.75. The minimum Gasteiger partial charge on any atom is -0.307 e. The summed E-state index contributed by atoms with van der Waals surface area (Å²) < 4.78 is 24.9. The molecule has 0 aromatic heterocycles. The quantitative estimate of drug-likeness (QED) is 0.624. The normalized spacial score (nSPS) is 11.4. The summed E-state index contributed by atoms with van der Waals surface area (Å²) >= 11 is 0. The van der Waals surface area contributed by atoms with Crippen LogP contribution in [0.25, 0.3) is 0 Å². The lowest BCUT2D eigenvalue weighted by Gasteiger charge is -2.10. The number of rotatable bonds is 5. The smallest absolute Gasteiger partial charge is 0.269 e. The molecule has 4 nitrogen and oxygen atoms in total. The van der Waals surface area contributed by atoms with Crippen molar-refractivity contribution < 1.29 is 13.7 Å². The maximum atomic E-state index is 12.4. The van der Waals surface area contributed by atoms with Gasteiger partial charge >= 0.3 is 0 Å². The number of hydrogen-bond donors (Lipinski definition) is 1. The summed E-state index contributed by atoms with van der Waals surface area (Å²) in [6, 6.07) is 5.78. The SMILES string of the molecule is CC(F)(F)CNCc1ccc([N+](=O)[O-])cc1. The zero-order chi connectivity index (χ0) is 12.2. The van der Waals surface area contributed by atoms with Crippen LogP contribution >= 0.6 is 0 Å². The summed E-state index contributed by atoms with van der Waals surface area (Å²) in [7, 11) is 0. The van der Waals surface area contributed by atoms with Crippen molar-refractivity contribution >= 4 is 5.69 Å². The van der Waals surface area contributed by atoms with Crippen LogP contribution in [0.1, 0.15) is 12.5 Å². The van der Waals surface area contributed by atoms with Crippen molar-refractivity contribution in [1.29, 1.82) is 0 Å². The van der Waals surface area contributed by atoms with E-state index in [0.29, 0.717) is 0 Å². The Hall–Kier alpha value is -1.56. The second-order valence-corrected chi connectivity index (χ2v) is 3.60. The summed E-state index contributed by atoms with van der Waals surface area (Å²) in [5, 5.41) is 12.9. The standard InChI is InChI=1S/C10H12F2N2O2/c1-10(11,12)7-13-6-8-2-4-9(5-3-8)14(15)16/h2-5,13H,6-7H2,1H3. The average molecular weight is 230 g/mol. The van der Waals surface area contributed by atoms with Gasteiger partial charge in [-0.1, -0.05) is 12.1 Å². The van der Waals surface area contributed by atoms with Gasteiger partial charge in [0, 0.05) is 25.6 Å². The molecule has 0 atom stereocenters. The van der Waals surface area contributed by atoms with Crippen LogP contribution in [0.4, 0.5) is 14.5 Å². The topological polar surface area (TPSA) is 55.2 Å². The molecular formula is C10H12F2N2O2. The van der Waals surface area contributed by atoms with Crippen molar-refractivity contribution in [2.45, 2.75) is 19.4 Å². The average Bonchev–Trinajstić information content (AvgIpc) is 2.16. The van der Waals surface area contributed by atoms with Gasteiger partial charge in [-0.25, -0.2) is 8.78 Å². The van der Waals surface area contributed by atoms with E-state index in [0.717, 1.165) is 12.5 Å². The van der Waals surface area contributed by atoms with Crippen molar-refractivity contribution in [3.05, 3.63) is 39.9 Å². The summed E-state index contributed by atoms with van der Waals surface area (Å²) in [6.45, 7) is 0.682. The first-order chi connectivity index (χ1) is 7.38. The molecule has 0 aliphatic rings. The zero-order valence-corrected chi connectivity index (χ0v) is 8.74. The van der Waals surface area contributed by atoms with E-state index in [2.05, 4.69) is 5.32 Å². The summed E-state index contributed by atoms with van der Waals surface area (Å²) in [5.41, 5.74) is 0.722. The number of nitro groups is 1. The number of nitro benzene ring substituents is 1. The second kappa shape index (κ2) is 4.98. The third kappa shape index (κ3) is 4.31. The van der Waals surface area contributed by atoms with Crippen LogP contribution in [0.2, 0.25) is 0 Å². The molecule has 0 spiro atoms. The van der Waals surface area contributed by atoms with Crippen LogP contribution in [-0.4, -0.2) is 17.4 Å². The highest BCUT2D eigenvalue weighted by Gasteiger charge is 2.19. The molecule has 0 bridgehead atoms. The molecule has 0 saturated carbocycles. The van der Waals surface area contributed by atoms with Crippen molar-refractivity contribution in [2.24, 2.45) is 0 Å². The fraction of sp³-hybridized carbons (Fsp3) is 0.400. The number of alkyl halides is 2. The van der Waals surface area contributed by atoms with Gasteiger partial charge in [-0.3, -0.25) is 10.1 Å². The van der Waals surface area contributed by atoms with Gasteiger partial charge in [-0.15, -0.1) is 0 Å². The second-order valence-electron chi connectivity index (χ2n) is 3.60. The molecule has 1 aromatic carbocycles. The Balaban J connectivity index is 2.47. The molecule has 0 aliphatic heterocycles. The zero-order valence-electron chi connectivity index (χ0n) is 8.74. The fourth-order valence-electron chi connectivity index (χ4n) is 1.16. The Kier molecular flexibility index (Phi) is 3.89. The lowest BCUT2D eigenvalue weighted by Crippen LogP contribution is -2.29. The maximum absolute atomic E-state index is 12.4. The molecule has 1 N–H and O–H groups in total. The summed E-state index contributed by atoms with van der Waals surface area (Å²) in [6.07, 6.45) is 0. The van der Waals surface area contributed by atoms with E-state index >= 15 is 0 Å². The third-order valence-electron chi connectivity index (χ3n) is 1.91. The van der Waals surface area contributed by atoms with Gasteiger partial charge in [0.05, 0.1) is 11.5 Å². The number of hydrogen-bond acceptors (Lipinski definition) is 3. The van der Waals surface area contributed by atoms with Crippen molar-refractivity contribution in [3.63, 3.8) is 0 Å². The van der Waals surface area contributed by atoms with Crippen molar-refractivity contribution in [1.82, 2.24) is 5.32 Å². The number of benzene rings is 1. The Morgan fingerprint density at radius 2 is 1.94 bits per heavy atom. The van der Waals surface area contributed by atoms with Crippen LogP contribution in [0.3, 0.4) is 0 Å². The van der Waals surface area contributed by atoms with E-state index in [1.54, 1.807) is 12.1 Å². The molecule has 0 amide bonds. The summed E-state index contributed by atoms with van der Waals surface area (Å²) in [5.74, 6) is -2.75. The van der Waals surface area contributed by atoms with E-state index in [1.807, 2.05) is 0 Å². The Morgan fingerprint density at radius 3 is 2.38 bits per heavy atom. The molecule has 1 aromatic rings. The molecule has 1 rings (SSSR count). The van der Waals surface area contributed by atoms with Gasteiger partial charge in [0.1, 0.15) is 0 Å². The fourth-order valence-corrected chi connectivity index (χ4v) is 1.16. The number of nitrogens with one attached hydrogen (secondary N) is 1. The molecule has 6 heteroatoms. The maximum Gasteiger partial charge on any atom is 0.269 e. The highest BCUT2D eigenvalue weighted by molar-refractivity contribution is 5.32. The van der Waals surface area contributed by atoms with E-state index in [4.69, 9.17) is 0 Å². The van der Waals surface area contributed by atoms with E-state index in [1.165, 1.54) is 12.1 Å². The number of nitrogens with zero attached hydrogens (tertiary/aromatic N) is 1. The molecule has 0 fully saturated rings. The minimum absolute atomic E-state index is 0.00966. The Morgan fingerprint density at radius 1 is 1.38 bits per heavy atom. The largest absolute Gasteiger partial charge is 0.307 e. The van der Waals surface area contributed by atoms with Crippen LogP contribution < -0.4 is 5.32 Å². The first-order valence-corrected chi connectivity index (χ1v) is 4.70. The van der Waals surface area contributed by atoms with E-state index in [-0.39, 0.29) is 12.2 Å². The Bertz CT molecular complexity index is 360. The van der Waals surface area contributed by atoms with E-state index < -0.39 is 17.4 Å². The molecular weight excluding hydrogens is 218 g/mol. The van der Waals surface area contributed by atoms with Crippen LogP contribution in [0, 0.1) is 10.1 Å². The first-order valence-electron chi connectivity index (χ1n) is 4.70. The molecule has 16 heavy (non-hydrogen) atoms. The first kappa shape index (κ1) is 12.5. The summed E-state index contributed by atoms with van der Waals surface area (Å²) in [4.78, 5) is 9.85. The molecule has 0 aliphatic carbocycles. The van der Waals surface area contributed by atoms with E-state index in [9.17, 15) is 18.9 Å². The van der Waals surface area contributed by atoms with Crippen LogP contribution in [-0.2, 0) is 6.54 Å². The van der Waals surface area contributed by atoms with Gasteiger partial charge in [0.2, 0.25) is 0 Å². The molecule has 0 unspecified atom stereocenters. The molecule has 88 valence electrons. The molecule has 0 heterocycles. The van der Waals surface area contributed by atoms with Crippen LogP contribution in [0.15, 0.2) is 24.3 Å². The Labute approximate surface area is 91.4 Å². The van der Waals surface area contributed by atoms with Crippen molar-refractivity contribution in [2.75, 3.05) is 6.54 Å². The lowest BCUT2D eigenvalue weighted by molar-refractivity contribution is -0.384. The predicted octanol–water partition coefficient (Wildman–Crippen LogP) is 2.34. The number of non-ortho nitro benzene ring substituents is 1. The highest BCUT2D eigenvalue weighted by Crippen LogP contribution is 2.12.